The van der Waals surface area contributed by atoms with Gasteiger partial charge in [-0.05, 0) is 35.6 Å². The van der Waals surface area contributed by atoms with Crippen molar-refractivity contribution in [2.75, 3.05) is 13.7 Å². The van der Waals surface area contributed by atoms with Crippen molar-refractivity contribution >= 4 is 5.91 Å². The van der Waals surface area contributed by atoms with Gasteiger partial charge in [-0.2, -0.15) is 0 Å². The van der Waals surface area contributed by atoms with Gasteiger partial charge in [0, 0.05) is 6.54 Å². The third kappa shape index (κ3) is 4.83. The van der Waals surface area contributed by atoms with Crippen molar-refractivity contribution in [3.8, 4) is 5.75 Å². The summed E-state index contributed by atoms with van der Waals surface area (Å²) in [5.74, 6) is 0.786. The number of hydrogen-bond acceptors (Lipinski definition) is 3. The van der Waals surface area contributed by atoms with E-state index in [1.165, 1.54) is 5.56 Å². The van der Waals surface area contributed by atoms with Crippen molar-refractivity contribution in [2.45, 2.75) is 25.4 Å². The molecule has 122 valence electrons. The van der Waals surface area contributed by atoms with Gasteiger partial charge < -0.3 is 15.2 Å². The smallest absolute Gasteiger partial charge is 0.253 e. The van der Waals surface area contributed by atoms with Gasteiger partial charge in [-0.15, -0.1) is 0 Å². The lowest BCUT2D eigenvalue weighted by Crippen LogP contribution is -2.30. The molecule has 2 N–H and O–H groups in total. The van der Waals surface area contributed by atoms with Crippen LogP contribution in [0.25, 0.3) is 0 Å². The number of nitrogens with one attached hydrogen (secondary N) is 1. The molecule has 0 spiro atoms. The number of carbonyl (C=O) groups is 1. The van der Waals surface area contributed by atoms with Gasteiger partial charge in [0.2, 0.25) is 0 Å². The maximum Gasteiger partial charge on any atom is 0.253 e. The molecular weight excluding hydrogens is 290 g/mol. The Kier molecular flexibility index (Phi) is 6.18. The molecule has 0 aliphatic rings. The number of carbonyl (C=O) groups excluding carboxylic acids is 1. The number of methoxy groups -OCH3 is 1. The molecule has 2 aromatic carbocycles. The minimum Gasteiger partial charge on any atom is -0.497 e. The summed E-state index contributed by atoms with van der Waals surface area (Å²) in [6, 6.07) is 16.9. The third-order valence-corrected chi connectivity index (χ3v) is 3.93. The number of aliphatic hydroxyl groups excluding tert-OH is 1. The van der Waals surface area contributed by atoms with E-state index in [0.717, 1.165) is 12.2 Å². The second kappa shape index (κ2) is 8.34. The lowest BCUT2D eigenvalue weighted by atomic mass is 9.97. The zero-order chi connectivity index (χ0) is 16.7. The van der Waals surface area contributed by atoms with E-state index in [1.807, 2.05) is 30.3 Å². The van der Waals surface area contributed by atoms with Crippen LogP contribution in [0.2, 0.25) is 0 Å². The van der Waals surface area contributed by atoms with Crippen LogP contribution in [0.3, 0.4) is 0 Å². The number of benzene rings is 2. The van der Waals surface area contributed by atoms with Gasteiger partial charge in [0.1, 0.15) is 5.75 Å². The minimum atomic E-state index is -1.12. The van der Waals surface area contributed by atoms with Crippen LogP contribution in [0.4, 0.5) is 0 Å². The number of amides is 1. The zero-order valence-electron chi connectivity index (χ0n) is 13.5. The SMILES string of the molecule is COc1ccc(C(C)CCNC(=O)C(O)c2ccccc2)cc1. The minimum absolute atomic E-state index is 0.315. The Morgan fingerprint density at radius 1 is 1.09 bits per heavy atom. The van der Waals surface area contributed by atoms with Crippen molar-refractivity contribution in [3.63, 3.8) is 0 Å². The van der Waals surface area contributed by atoms with E-state index in [0.29, 0.717) is 18.0 Å². The molecule has 0 heterocycles. The number of aliphatic hydroxyl groups is 1. The Hall–Kier alpha value is -2.33. The summed E-state index contributed by atoms with van der Waals surface area (Å²) in [6.07, 6.45) is -0.313. The second-order valence-corrected chi connectivity index (χ2v) is 5.57. The third-order valence-electron chi connectivity index (χ3n) is 3.93. The molecule has 23 heavy (non-hydrogen) atoms. The lowest BCUT2D eigenvalue weighted by Gasteiger charge is -2.15. The van der Waals surface area contributed by atoms with Crippen molar-refractivity contribution in [3.05, 3.63) is 65.7 Å². The highest BCUT2D eigenvalue weighted by Gasteiger charge is 2.16. The van der Waals surface area contributed by atoms with Crippen molar-refractivity contribution in [1.82, 2.24) is 5.32 Å². The Balaban J connectivity index is 1.80. The number of ether oxygens (including phenoxy) is 1. The Morgan fingerprint density at radius 2 is 1.74 bits per heavy atom. The maximum atomic E-state index is 12.0. The fourth-order valence-electron chi connectivity index (χ4n) is 2.39. The van der Waals surface area contributed by atoms with Crippen LogP contribution in [0.15, 0.2) is 54.6 Å². The highest BCUT2D eigenvalue weighted by atomic mass is 16.5. The van der Waals surface area contributed by atoms with Gasteiger partial charge >= 0.3 is 0 Å². The molecule has 0 radical (unpaired) electrons. The predicted octanol–water partition coefficient (Wildman–Crippen LogP) is 3.04. The fraction of sp³-hybridized carbons (Fsp3) is 0.316. The molecule has 1 amide bonds. The summed E-state index contributed by atoms with van der Waals surface area (Å²) < 4.78 is 5.15. The largest absolute Gasteiger partial charge is 0.497 e. The molecule has 2 unspecified atom stereocenters. The quantitative estimate of drug-likeness (QED) is 0.826. The van der Waals surface area contributed by atoms with Crippen molar-refractivity contribution in [2.24, 2.45) is 0 Å². The predicted molar refractivity (Wildman–Crippen MR) is 90.4 cm³/mol. The summed E-state index contributed by atoms with van der Waals surface area (Å²) in [4.78, 5) is 12.0. The topological polar surface area (TPSA) is 58.6 Å². The molecule has 2 atom stereocenters. The van der Waals surface area contributed by atoms with Gasteiger partial charge in [-0.3, -0.25) is 4.79 Å². The van der Waals surface area contributed by atoms with E-state index in [2.05, 4.69) is 12.2 Å². The molecular formula is C19H23NO3. The first-order valence-corrected chi connectivity index (χ1v) is 7.76. The van der Waals surface area contributed by atoms with Crippen LogP contribution in [0.1, 0.15) is 36.5 Å². The van der Waals surface area contributed by atoms with Gasteiger partial charge in [0.25, 0.3) is 5.91 Å². The van der Waals surface area contributed by atoms with E-state index in [-0.39, 0.29) is 5.91 Å². The Bertz CT molecular complexity index is 610. The van der Waals surface area contributed by atoms with E-state index >= 15 is 0 Å². The standard InChI is InChI=1S/C19H23NO3/c1-14(15-8-10-17(23-2)11-9-15)12-13-20-19(22)18(21)16-6-4-3-5-7-16/h3-11,14,18,21H,12-13H2,1-2H3,(H,20,22). The van der Waals surface area contributed by atoms with Gasteiger partial charge in [0.15, 0.2) is 6.10 Å². The maximum absolute atomic E-state index is 12.0. The Morgan fingerprint density at radius 3 is 2.35 bits per heavy atom. The molecule has 4 nitrogen and oxygen atoms in total. The number of hydrogen-bond donors (Lipinski definition) is 2. The monoisotopic (exact) mass is 313 g/mol. The normalized spacial score (nSPS) is 13.2. The fourth-order valence-corrected chi connectivity index (χ4v) is 2.39. The molecule has 0 saturated heterocycles. The van der Waals surface area contributed by atoms with E-state index in [4.69, 9.17) is 4.74 Å². The average Bonchev–Trinajstić information content (AvgIpc) is 2.61. The van der Waals surface area contributed by atoms with Gasteiger partial charge in [-0.25, -0.2) is 0 Å². The summed E-state index contributed by atoms with van der Waals surface area (Å²) in [7, 11) is 1.64. The van der Waals surface area contributed by atoms with E-state index < -0.39 is 6.10 Å². The molecule has 0 aliphatic heterocycles. The van der Waals surface area contributed by atoms with Crippen LogP contribution in [-0.4, -0.2) is 24.7 Å². The van der Waals surface area contributed by atoms with E-state index in [9.17, 15) is 9.90 Å². The average molecular weight is 313 g/mol. The van der Waals surface area contributed by atoms with Gasteiger partial charge in [-0.1, -0.05) is 49.4 Å². The first kappa shape index (κ1) is 17.0. The van der Waals surface area contributed by atoms with Crippen LogP contribution in [0, 0.1) is 0 Å². The molecule has 0 bridgehead atoms. The highest BCUT2D eigenvalue weighted by Crippen LogP contribution is 2.21. The lowest BCUT2D eigenvalue weighted by molar-refractivity contribution is -0.129. The first-order valence-electron chi connectivity index (χ1n) is 7.76. The molecule has 2 rings (SSSR count). The van der Waals surface area contributed by atoms with Gasteiger partial charge in [0.05, 0.1) is 7.11 Å². The van der Waals surface area contributed by atoms with Crippen LogP contribution < -0.4 is 10.1 Å². The summed E-state index contributed by atoms with van der Waals surface area (Å²) in [5, 5.41) is 12.8. The molecule has 2 aromatic rings. The molecule has 0 fully saturated rings. The highest BCUT2D eigenvalue weighted by molar-refractivity contribution is 5.81. The summed E-state index contributed by atoms with van der Waals surface area (Å²) in [6.45, 7) is 2.64. The molecule has 0 aliphatic carbocycles. The van der Waals surface area contributed by atoms with Crippen LogP contribution in [0.5, 0.6) is 5.75 Å². The molecule has 4 heteroatoms. The van der Waals surface area contributed by atoms with E-state index in [1.54, 1.807) is 31.4 Å². The number of rotatable bonds is 7. The zero-order valence-corrected chi connectivity index (χ0v) is 13.5. The van der Waals surface area contributed by atoms with Crippen molar-refractivity contribution in [1.29, 1.82) is 0 Å². The van der Waals surface area contributed by atoms with Crippen LogP contribution >= 0.6 is 0 Å². The van der Waals surface area contributed by atoms with Crippen LogP contribution in [-0.2, 0) is 4.79 Å². The first-order chi connectivity index (χ1) is 11.1. The molecule has 0 aromatic heterocycles. The summed E-state index contributed by atoms with van der Waals surface area (Å²) >= 11 is 0. The summed E-state index contributed by atoms with van der Waals surface area (Å²) in [5.41, 5.74) is 1.80. The molecule has 0 saturated carbocycles. The second-order valence-electron chi connectivity index (χ2n) is 5.57. The Labute approximate surface area is 137 Å². The van der Waals surface area contributed by atoms with Crippen molar-refractivity contribution < 1.29 is 14.6 Å².